The Bertz CT molecular complexity index is 651. The molecule has 21 heavy (non-hydrogen) atoms. The Morgan fingerprint density at radius 2 is 1.90 bits per heavy atom. The van der Waals surface area contributed by atoms with Crippen molar-refractivity contribution in [2.75, 3.05) is 11.9 Å². The summed E-state index contributed by atoms with van der Waals surface area (Å²) in [6, 6.07) is 6.14. The molecule has 0 amide bonds. The molecule has 6 heteroatoms. The van der Waals surface area contributed by atoms with Gasteiger partial charge in [-0.2, -0.15) is 13.2 Å². The molecule has 2 aromatic rings. The summed E-state index contributed by atoms with van der Waals surface area (Å²) in [6.07, 6.45) is -4.48. The number of hydrogen-bond acceptors (Lipinski definition) is 2. The molecule has 0 aliphatic rings. The van der Waals surface area contributed by atoms with Crippen molar-refractivity contribution < 1.29 is 17.6 Å². The van der Waals surface area contributed by atoms with Crippen LogP contribution in [0.15, 0.2) is 30.3 Å². The third-order valence-electron chi connectivity index (χ3n) is 3.05. The molecule has 2 rings (SSSR count). The van der Waals surface area contributed by atoms with Gasteiger partial charge >= 0.3 is 6.18 Å². The van der Waals surface area contributed by atoms with Crippen molar-refractivity contribution in [1.82, 2.24) is 4.98 Å². The molecule has 0 saturated carbocycles. The quantitative estimate of drug-likeness (QED) is 0.835. The monoisotopic (exact) mass is 298 g/mol. The summed E-state index contributed by atoms with van der Waals surface area (Å²) in [5.74, 6) is -0.359. The SMILES string of the molecule is CCNc1cc(C(F)(F)F)cc(-c2cccc(F)c2C)n1. The van der Waals surface area contributed by atoms with Gasteiger partial charge in [0, 0.05) is 12.1 Å². The van der Waals surface area contributed by atoms with Crippen LogP contribution >= 0.6 is 0 Å². The molecule has 112 valence electrons. The van der Waals surface area contributed by atoms with Gasteiger partial charge in [-0.05, 0) is 37.6 Å². The van der Waals surface area contributed by atoms with Crippen LogP contribution in [-0.4, -0.2) is 11.5 Å². The summed E-state index contributed by atoms with van der Waals surface area (Å²) in [6.45, 7) is 3.71. The van der Waals surface area contributed by atoms with E-state index in [-0.39, 0.29) is 17.1 Å². The van der Waals surface area contributed by atoms with Crippen molar-refractivity contribution in [2.24, 2.45) is 0 Å². The van der Waals surface area contributed by atoms with Crippen molar-refractivity contribution in [3.05, 3.63) is 47.3 Å². The summed E-state index contributed by atoms with van der Waals surface area (Å²) < 4.78 is 52.4. The van der Waals surface area contributed by atoms with E-state index in [9.17, 15) is 17.6 Å². The summed E-state index contributed by atoms with van der Waals surface area (Å²) in [7, 11) is 0. The number of aromatic nitrogens is 1. The fourth-order valence-corrected chi connectivity index (χ4v) is 1.99. The number of alkyl halides is 3. The van der Waals surface area contributed by atoms with Crippen molar-refractivity contribution in [3.8, 4) is 11.3 Å². The number of benzene rings is 1. The van der Waals surface area contributed by atoms with E-state index < -0.39 is 17.6 Å². The van der Waals surface area contributed by atoms with E-state index in [0.717, 1.165) is 12.1 Å². The molecule has 0 atom stereocenters. The van der Waals surface area contributed by atoms with Crippen LogP contribution in [0.3, 0.4) is 0 Å². The standard InChI is InChI=1S/C15H14F4N2/c1-3-20-14-8-10(15(17,18)19)7-13(21-14)11-5-4-6-12(16)9(11)2/h4-8H,3H2,1-2H3,(H,20,21). The highest BCUT2D eigenvalue weighted by Crippen LogP contribution is 2.34. The van der Waals surface area contributed by atoms with Gasteiger partial charge in [0.05, 0.1) is 11.3 Å². The van der Waals surface area contributed by atoms with E-state index in [4.69, 9.17) is 0 Å². The molecule has 2 nitrogen and oxygen atoms in total. The molecule has 0 unspecified atom stereocenters. The van der Waals surface area contributed by atoms with Crippen molar-refractivity contribution >= 4 is 5.82 Å². The Morgan fingerprint density at radius 3 is 2.52 bits per heavy atom. The summed E-state index contributed by atoms with van der Waals surface area (Å²) >= 11 is 0. The minimum atomic E-state index is -4.48. The van der Waals surface area contributed by atoms with Crippen LogP contribution < -0.4 is 5.32 Å². The van der Waals surface area contributed by atoms with Crippen LogP contribution in [0.5, 0.6) is 0 Å². The van der Waals surface area contributed by atoms with Gasteiger partial charge in [0.2, 0.25) is 0 Å². The van der Waals surface area contributed by atoms with E-state index in [2.05, 4.69) is 10.3 Å². The van der Waals surface area contributed by atoms with Gasteiger partial charge in [-0.25, -0.2) is 9.37 Å². The average molecular weight is 298 g/mol. The Hall–Kier alpha value is -2.11. The predicted octanol–water partition coefficient (Wildman–Crippen LogP) is 4.65. The van der Waals surface area contributed by atoms with Gasteiger partial charge in [-0.1, -0.05) is 12.1 Å². The second kappa shape index (κ2) is 5.71. The minimum absolute atomic E-state index is 0.0952. The largest absolute Gasteiger partial charge is 0.416 e. The van der Waals surface area contributed by atoms with Crippen molar-refractivity contribution in [1.29, 1.82) is 0 Å². The number of hydrogen-bond donors (Lipinski definition) is 1. The average Bonchev–Trinajstić information content (AvgIpc) is 2.41. The van der Waals surface area contributed by atoms with Crippen molar-refractivity contribution in [3.63, 3.8) is 0 Å². The third kappa shape index (κ3) is 3.32. The Kier molecular flexibility index (Phi) is 4.16. The molecule has 0 bridgehead atoms. The number of anilines is 1. The molecule has 0 saturated heterocycles. The molecule has 0 spiro atoms. The molecule has 1 aromatic carbocycles. The van der Waals surface area contributed by atoms with Gasteiger partial charge in [0.1, 0.15) is 11.6 Å². The Balaban J connectivity index is 2.62. The van der Waals surface area contributed by atoms with E-state index >= 15 is 0 Å². The third-order valence-corrected chi connectivity index (χ3v) is 3.05. The van der Waals surface area contributed by atoms with Crippen LogP contribution in [0.1, 0.15) is 18.1 Å². The maximum atomic E-state index is 13.6. The second-order valence-electron chi connectivity index (χ2n) is 4.57. The molecule has 0 radical (unpaired) electrons. The van der Waals surface area contributed by atoms with Gasteiger partial charge in [0.15, 0.2) is 0 Å². The van der Waals surface area contributed by atoms with Crippen molar-refractivity contribution in [2.45, 2.75) is 20.0 Å². The lowest BCUT2D eigenvalue weighted by molar-refractivity contribution is -0.137. The number of nitrogens with one attached hydrogen (secondary N) is 1. The zero-order valence-corrected chi connectivity index (χ0v) is 11.6. The lowest BCUT2D eigenvalue weighted by Crippen LogP contribution is -2.09. The predicted molar refractivity (Wildman–Crippen MR) is 73.5 cm³/mol. The van der Waals surface area contributed by atoms with Crippen LogP contribution in [0, 0.1) is 12.7 Å². The van der Waals surface area contributed by atoms with Gasteiger partial charge in [-0.3, -0.25) is 0 Å². The number of pyridine rings is 1. The molecular weight excluding hydrogens is 284 g/mol. The first-order chi connectivity index (χ1) is 9.82. The first-order valence-corrected chi connectivity index (χ1v) is 6.41. The van der Waals surface area contributed by atoms with Crippen LogP contribution in [0.25, 0.3) is 11.3 Å². The minimum Gasteiger partial charge on any atom is -0.370 e. The van der Waals surface area contributed by atoms with E-state index in [1.165, 1.54) is 19.1 Å². The maximum absolute atomic E-state index is 13.6. The van der Waals surface area contributed by atoms with E-state index in [0.29, 0.717) is 12.1 Å². The zero-order chi connectivity index (χ0) is 15.6. The molecule has 1 heterocycles. The zero-order valence-electron chi connectivity index (χ0n) is 11.6. The van der Waals surface area contributed by atoms with Gasteiger partial charge < -0.3 is 5.32 Å². The fourth-order valence-electron chi connectivity index (χ4n) is 1.99. The van der Waals surface area contributed by atoms with Gasteiger partial charge in [-0.15, -0.1) is 0 Å². The maximum Gasteiger partial charge on any atom is 0.416 e. The fraction of sp³-hybridized carbons (Fsp3) is 0.267. The second-order valence-corrected chi connectivity index (χ2v) is 4.57. The summed E-state index contributed by atoms with van der Waals surface area (Å²) in [5, 5.41) is 2.76. The summed E-state index contributed by atoms with van der Waals surface area (Å²) in [4.78, 5) is 4.13. The topological polar surface area (TPSA) is 24.9 Å². The molecular formula is C15H14F4N2. The lowest BCUT2D eigenvalue weighted by atomic mass is 10.0. The Labute approximate surface area is 119 Å². The highest BCUT2D eigenvalue weighted by Gasteiger charge is 2.32. The van der Waals surface area contributed by atoms with Crippen LogP contribution in [-0.2, 0) is 6.18 Å². The highest BCUT2D eigenvalue weighted by atomic mass is 19.4. The Morgan fingerprint density at radius 1 is 1.19 bits per heavy atom. The molecule has 1 N–H and O–H groups in total. The number of halogens is 4. The van der Waals surface area contributed by atoms with Gasteiger partial charge in [0.25, 0.3) is 0 Å². The molecule has 0 aliphatic heterocycles. The molecule has 1 aromatic heterocycles. The normalized spacial score (nSPS) is 11.5. The number of rotatable bonds is 3. The van der Waals surface area contributed by atoms with E-state index in [1.807, 2.05) is 0 Å². The molecule has 0 aliphatic carbocycles. The molecule has 0 fully saturated rings. The van der Waals surface area contributed by atoms with Crippen LogP contribution in [0.4, 0.5) is 23.4 Å². The highest BCUT2D eigenvalue weighted by molar-refractivity contribution is 5.66. The first kappa shape index (κ1) is 15.3. The lowest BCUT2D eigenvalue weighted by Gasteiger charge is -2.13. The van der Waals surface area contributed by atoms with E-state index in [1.54, 1.807) is 13.0 Å². The smallest absolute Gasteiger partial charge is 0.370 e. The number of nitrogens with zero attached hydrogens (tertiary/aromatic N) is 1. The summed E-state index contributed by atoms with van der Waals surface area (Å²) in [5.41, 5.74) is -0.100. The van der Waals surface area contributed by atoms with Crippen LogP contribution in [0.2, 0.25) is 0 Å². The first-order valence-electron chi connectivity index (χ1n) is 6.41.